The van der Waals surface area contributed by atoms with Crippen molar-refractivity contribution in [2.24, 2.45) is 5.73 Å². The lowest BCUT2D eigenvalue weighted by Crippen LogP contribution is -2.32. The second-order valence-electron chi connectivity index (χ2n) is 4.55. The van der Waals surface area contributed by atoms with Crippen molar-refractivity contribution in [3.05, 3.63) is 28.8 Å². The second kappa shape index (κ2) is 6.29. The smallest absolute Gasteiger partial charge is 0.326 e. The minimum absolute atomic E-state index is 0. The standard InChI is InChI=1S/C11H12ClF3N2O2S.ClH/c12-10-2-1-8(5-9(10)11(13,14)15)20(18,19)17-4-3-7(16)6-17;/h1-2,5,7H,3-4,6,16H2;1H. The van der Waals surface area contributed by atoms with Gasteiger partial charge in [0.25, 0.3) is 0 Å². The number of halogens is 5. The summed E-state index contributed by atoms with van der Waals surface area (Å²) in [5, 5.41) is -0.533. The fourth-order valence-electron chi connectivity index (χ4n) is 2.00. The van der Waals surface area contributed by atoms with Gasteiger partial charge in [-0.2, -0.15) is 17.5 Å². The van der Waals surface area contributed by atoms with E-state index in [1.807, 2.05) is 0 Å². The first-order chi connectivity index (χ1) is 9.12. The van der Waals surface area contributed by atoms with Crippen molar-refractivity contribution in [2.45, 2.75) is 23.5 Å². The molecular weight excluding hydrogens is 352 g/mol. The lowest BCUT2D eigenvalue weighted by atomic mass is 10.2. The number of rotatable bonds is 2. The van der Waals surface area contributed by atoms with Crippen molar-refractivity contribution in [1.29, 1.82) is 0 Å². The molecule has 120 valence electrons. The molecule has 0 aliphatic carbocycles. The van der Waals surface area contributed by atoms with Crippen molar-refractivity contribution in [3.8, 4) is 0 Å². The van der Waals surface area contributed by atoms with E-state index in [4.69, 9.17) is 17.3 Å². The highest BCUT2D eigenvalue weighted by Crippen LogP contribution is 2.36. The molecule has 1 fully saturated rings. The fraction of sp³-hybridized carbons (Fsp3) is 0.455. The maximum atomic E-state index is 12.7. The van der Waals surface area contributed by atoms with Crippen LogP contribution in [0.4, 0.5) is 13.2 Å². The lowest BCUT2D eigenvalue weighted by molar-refractivity contribution is -0.137. The molecule has 0 aromatic heterocycles. The maximum Gasteiger partial charge on any atom is 0.417 e. The molecule has 1 atom stereocenters. The Morgan fingerprint density at radius 2 is 1.95 bits per heavy atom. The van der Waals surface area contributed by atoms with Gasteiger partial charge in [0.2, 0.25) is 10.0 Å². The minimum Gasteiger partial charge on any atom is -0.326 e. The Labute approximate surface area is 131 Å². The van der Waals surface area contributed by atoms with E-state index in [-0.39, 0.29) is 31.5 Å². The van der Waals surface area contributed by atoms with Gasteiger partial charge in [0, 0.05) is 19.1 Å². The number of nitrogens with zero attached hydrogens (tertiary/aromatic N) is 1. The van der Waals surface area contributed by atoms with Gasteiger partial charge in [-0.05, 0) is 24.6 Å². The van der Waals surface area contributed by atoms with Crippen molar-refractivity contribution in [1.82, 2.24) is 4.31 Å². The van der Waals surface area contributed by atoms with Crippen LogP contribution in [0.15, 0.2) is 23.1 Å². The van der Waals surface area contributed by atoms with E-state index in [1.54, 1.807) is 0 Å². The molecule has 1 heterocycles. The summed E-state index contributed by atoms with van der Waals surface area (Å²) in [6, 6.07) is 2.27. The predicted molar refractivity (Wildman–Crippen MR) is 75.1 cm³/mol. The fourth-order valence-corrected chi connectivity index (χ4v) is 3.77. The van der Waals surface area contributed by atoms with Gasteiger partial charge < -0.3 is 5.73 Å². The van der Waals surface area contributed by atoms with Gasteiger partial charge in [-0.25, -0.2) is 8.42 Å². The third-order valence-electron chi connectivity index (χ3n) is 3.07. The molecule has 0 amide bonds. The molecule has 1 aromatic carbocycles. The molecule has 0 saturated carbocycles. The summed E-state index contributed by atoms with van der Waals surface area (Å²) in [4.78, 5) is -0.427. The van der Waals surface area contributed by atoms with Gasteiger partial charge in [-0.3, -0.25) is 0 Å². The van der Waals surface area contributed by atoms with Crippen LogP contribution in [-0.4, -0.2) is 31.9 Å². The van der Waals surface area contributed by atoms with Crippen LogP contribution >= 0.6 is 24.0 Å². The van der Waals surface area contributed by atoms with Crippen molar-refractivity contribution < 1.29 is 21.6 Å². The Kier molecular flexibility index (Phi) is 5.55. The molecule has 21 heavy (non-hydrogen) atoms. The van der Waals surface area contributed by atoms with Gasteiger partial charge in [0.05, 0.1) is 15.5 Å². The van der Waals surface area contributed by atoms with Crippen LogP contribution in [0, 0.1) is 0 Å². The monoisotopic (exact) mass is 364 g/mol. The second-order valence-corrected chi connectivity index (χ2v) is 6.90. The number of alkyl halides is 3. The van der Waals surface area contributed by atoms with Crippen LogP contribution in [-0.2, 0) is 16.2 Å². The molecule has 1 aliphatic heterocycles. The Bertz CT molecular complexity index is 622. The lowest BCUT2D eigenvalue weighted by Gasteiger charge is -2.17. The number of hydrogen-bond donors (Lipinski definition) is 1. The summed E-state index contributed by atoms with van der Waals surface area (Å²) >= 11 is 5.47. The molecule has 10 heteroatoms. The highest BCUT2D eigenvalue weighted by atomic mass is 35.5. The van der Waals surface area contributed by atoms with Crippen LogP contribution in [0.1, 0.15) is 12.0 Å². The molecule has 2 N–H and O–H groups in total. The third kappa shape index (κ3) is 3.81. The van der Waals surface area contributed by atoms with Crippen LogP contribution < -0.4 is 5.73 Å². The molecule has 0 bridgehead atoms. The molecular formula is C11H13Cl2F3N2O2S. The first kappa shape index (κ1) is 18.5. The number of hydrogen-bond acceptors (Lipinski definition) is 3. The zero-order chi connectivity index (χ0) is 15.1. The minimum atomic E-state index is -4.70. The van der Waals surface area contributed by atoms with Gasteiger partial charge in [0.1, 0.15) is 0 Å². The molecule has 0 spiro atoms. The molecule has 0 radical (unpaired) electrons. The summed E-state index contributed by atoms with van der Waals surface area (Å²) in [7, 11) is -3.98. The highest BCUT2D eigenvalue weighted by molar-refractivity contribution is 7.89. The summed E-state index contributed by atoms with van der Waals surface area (Å²) in [6.07, 6.45) is -4.22. The molecule has 1 aliphatic rings. The van der Waals surface area contributed by atoms with Crippen molar-refractivity contribution in [2.75, 3.05) is 13.1 Å². The molecule has 4 nitrogen and oxygen atoms in total. The van der Waals surface area contributed by atoms with E-state index in [0.717, 1.165) is 16.4 Å². The van der Waals surface area contributed by atoms with Crippen LogP contribution in [0.5, 0.6) is 0 Å². The zero-order valence-electron chi connectivity index (χ0n) is 10.6. The van der Waals surface area contributed by atoms with Gasteiger partial charge >= 0.3 is 6.18 Å². The van der Waals surface area contributed by atoms with E-state index >= 15 is 0 Å². The number of nitrogens with two attached hydrogens (primary N) is 1. The maximum absolute atomic E-state index is 12.7. The summed E-state index contributed by atoms with van der Waals surface area (Å²) in [5.74, 6) is 0. The van der Waals surface area contributed by atoms with Crippen molar-refractivity contribution >= 4 is 34.0 Å². The highest BCUT2D eigenvalue weighted by Gasteiger charge is 2.36. The van der Waals surface area contributed by atoms with Gasteiger partial charge in [-0.15, -0.1) is 12.4 Å². The topological polar surface area (TPSA) is 63.4 Å². The molecule has 1 aromatic rings. The Morgan fingerprint density at radius 3 is 2.43 bits per heavy atom. The van der Waals surface area contributed by atoms with Gasteiger partial charge in [0.15, 0.2) is 0 Å². The number of sulfonamides is 1. The van der Waals surface area contributed by atoms with Crippen LogP contribution in [0.25, 0.3) is 0 Å². The molecule has 2 rings (SSSR count). The largest absolute Gasteiger partial charge is 0.417 e. The number of benzene rings is 1. The summed E-state index contributed by atoms with van der Waals surface area (Å²) in [5.41, 5.74) is 4.45. The van der Waals surface area contributed by atoms with E-state index in [0.29, 0.717) is 12.5 Å². The first-order valence-electron chi connectivity index (χ1n) is 5.75. The average Bonchev–Trinajstić information content (AvgIpc) is 2.75. The third-order valence-corrected chi connectivity index (χ3v) is 5.26. The Balaban J connectivity index is 0.00000220. The van der Waals surface area contributed by atoms with Crippen LogP contribution in [0.3, 0.4) is 0 Å². The van der Waals surface area contributed by atoms with Gasteiger partial charge in [-0.1, -0.05) is 11.6 Å². The Morgan fingerprint density at radius 1 is 1.33 bits per heavy atom. The molecule has 1 unspecified atom stereocenters. The van der Waals surface area contributed by atoms with E-state index in [2.05, 4.69) is 0 Å². The van der Waals surface area contributed by atoms with E-state index in [1.165, 1.54) is 0 Å². The first-order valence-corrected chi connectivity index (χ1v) is 7.56. The molecule has 1 saturated heterocycles. The summed E-state index contributed by atoms with van der Waals surface area (Å²) < 4.78 is 63.8. The zero-order valence-corrected chi connectivity index (χ0v) is 13.0. The predicted octanol–water partition coefficient (Wildman–Crippen LogP) is 2.50. The van der Waals surface area contributed by atoms with Crippen LogP contribution in [0.2, 0.25) is 5.02 Å². The van der Waals surface area contributed by atoms with E-state index < -0.39 is 31.7 Å². The quantitative estimate of drug-likeness (QED) is 0.876. The average molecular weight is 365 g/mol. The Hall–Kier alpha value is -0.540. The van der Waals surface area contributed by atoms with Crippen molar-refractivity contribution in [3.63, 3.8) is 0 Å². The van der Waals surface area contributed by atoms with E-state index in [9.17, 15) is 21.6 Å². The normalized spacial score (nSPS) is 20.3. The summed E-state index contributed by atoms with van der Waals surface area (Å²) in [6.45, 7) is 0.305. The SMILES string of the molecule is Cl.NC1CCN(S(=O)(=O)c2ccc(Cl)c(C(F)(F)F)c2)C1.